The Bertz CT molecular complexity index is 466. The molecule has 0 unspecified atom stereocenters. The van der Waals surface area contributed by atoms with E-state index in [4.69, 9.17) is 5.26 Å². The maximum Gasteiger partial charge on any atom is 0.244 e. The van der Waals surface area contributed by atoms with Crippen LogP contribution >= 0.6 is 15.9 Å². The number of hydrogen-bond donors (Lipinski definition) is 1. The van der Waals surface area contributed by atoms with Crippen LogP contribution in [0.3, 0.4) is 0 Å². The standard InChI is InChI=1S/C11H10BrFN2O/c1-11(2,6-14)10(16)15-9-4-3-7(12)5-8(9)13/h3-5H,1-2H3,(H,15,16). The van der Waals surface area contributed by atoms with Gasteiger partial charge in [0.15, 0.2) is 0 Å². The quantitative estimate of drug-likeness (QED) is 0.907. The molecule has 1 aromatic carbocycles. The van der Waals surface area contributed by atoms with Gasteiger partial charge in [-0.1, -0.05) is 15.9 Å². The second-order valence-electron chi connectivity index (χ2n) is 3.82. The summed E-state index contributed by atoms with van der Waals surface area (Å²) in [5.74, 6) is -1.08. The Labute approximate surface area is 101 Å². The van der Waals surface area contributed by atoms with E-state index in [0.29, 0.717) is 4.47 Å². The molecule has 1 aromatic rings. The van der Waals surface area contributed by atoms with Crippen LogP contribution in [0.25, 0.3) is 0 Å². The zero-order valence-electron chi connectivity index (χ0n) is 8.84. The molecule has 0 spiro atoms. The lowest BCUT2D eigenvalue weighted by atomic mass is 9.94. The second kappa shape index (κ2) is 4.62. The summed E-state index contributed by atoms with van der Waals surface area (Å²) < 4.78 is 14.0. The fraction of sp³-hybridized carbons (Fsp3) is 0.273. The van der Waals surface area contributed by atoms with Crippen molar-refractivity contribution in [3.8, 4) is 6.07 Å². The summed E-state index contributed by atoms with van der Waals surface area (Å²) >= 11 is 3.11. The minimum Gasteiger partial charge on any atom is -0.322 e. The summed E-state index contributed by atoms with van der Waals surface area (Å²) in [5, 5.41) is 11.1. The first-order valence-electron chi connectivity index (χ1n) is 4.54. The van der Waals surface area contributed by atoms with Crippen molar-refractivity contribution in [2.45, 2.75) is 13.8 Å². The van der Waals surface area contributed by atoms with Crippen molar-refractivity contribution < 1.29 is 9.18 Å². The van der Waals surface area contributed by atoms with E-state index in [-0.39, 0.29) is 5.69 Å². The van der Waals surface area contributed by atoms with Crippen molar-refractivity contribution in [2.24, 2.45) is 5.41 Å². The van der Waals surface area contributed by atoms with Crippen molar-refractivity contribution >= 4 is 27.5 Å². The number of anilines is 1. The maximum atomic E-state index is 13.4. The zero-order valence-corrected chi connectivity index (χ0v) is 10.4. The monoisotopic (exact) mass is 284 g/mol. The number of rotatable bonds is 2. The van der Waals surface area contributed by atoms with Crippen LogP contribution < -0.4 is 5.32 Å². The number of carbonyl (C=O) groups excluding carboxylic acids is 1. The number of carbonyl (C=O) groups is 1. The summed E-state index contributed by atoms with van der Waals surface area (Å²) in [6, 6.07) is 6.14. The largest absolute Gasteiger partial charge is 0.322 e. The molecular formula is C11H10BrFN2O. The summed E-state index contributed by atoms with van der Waals surface area (Å²) in [6.45, 7) is 2.94. The highest BCUT2D eigenvalue weighted by molar-refractivity contribution is 9.10. The van der Waals surface area contributed by atoms with Gasteiger partial charge in [-0.15, -0.1) is 0 Å². The van der Waals surface area contributed by atoms with E-state index >= 15 is 0 Å². The first-order chi connectivity index (χ1) is 7.36. The fourth-order valence-corrected chi connectivity index (χ4v) is 1.25. The van der Waals surface area contributed by atoms with Gasteiger partial charge in [0.1, 0.15) is 11.2 Å². The van der Waals surface area contributed by atoms with Gasteiger partial charge < -0.3 is 5.32 Å². The Kier molecular flexibility index (Phi) is 3.66. The molecule has 5 heteroatoms. The molecule has 1 amide bonds. The van der Waals surface area contributed by atoms with Crippen LogP contribution in [-0.4, -0.2) is 5.91 Å². The Hall–Kier alpha value is -1.41. The number of halogens is 2. The number of benzene rings is 1. The molecule has 0 saturated carbocycles. The van der Waals surface area contributed by atoms with Crippen LogP contribution in [0.4, 0.5) is 10.1 Å². The van der Waals surface area contributed by atoms with Gasteiger partial charge in [0, 0.05) is 4.47 Å². The molecule has 0 heterocycles. The van der Waals surface area contributed by atoms with Crippen molar-refractivity contribution in [3.63, 3.8) is 0 Å². The number of amides is 1. The molecule has 1 N–H and O–H groups in total. The highest BCUT2D eigenvalue weighted by atomic mass is 79.9. The van der Waals surface area contributed by atoms with Crippen molar-refractivity contribution in [2.75, 3.05) is 5.32 Å². The summed E-state index contributed by atoms with van der Waals surface area (Å²) in [5.41, 5.74) is -1.11. The predicted molar refractivity (Wildman–Crippen MR) is 62.1 cm³/mol. The average molecular weight is 285 g/mol. The lowest BCUT2D eigenvalue weighted by Crippen LogP contribution is -2.29. The van der Waals surface area contributed by atoms with Crippen LogP contribution in [0.5, 0.6) is 0 Å². The van der Waals surface area contributed by atoms with Crippen molar-refractivity contribution in [1.29, 1.82) is 5.26 Å². The Morgan fingerprint density at radius 1 is 1.56 bits per heavy atom. The zero-order chi connectivity index (χ0) is 12.3. The molecule has 0 saturated heterocycles. The SMILES string of the molecule is CC(C)(C#N)C(=O)Nc1ccc(Br)cc1F. The van der Waals surface area contributed by atoms with Crippen LogP contribution in [0.2, 0.25) is 0 Å². The molecule has 16 heavy (non-hydrogen) atoms. The summed E-state index contributed by atoms with van der Waals surface area (Å²) in [4.78, 5) is 11.6. The van der Waals surface area contributed by atoms with Gasteiger partial charge >= 0.3 is 0 Å². The lowest BCUT2D eigenvalue weighted by molar-refractivity contribution is -0.121. The van der Waals surface area contributed by atoms with Gasteiger partial charge in [-0.2, -0.15) is 5.26 Å². The van der Waals surface area contributed by atoms with Crippen LogP contribution in [-0.2, 0) is 4.79 Å². The normalized spacial score (nSPS) is 10.7. The molecule has 0 bridgehead atoms. The van der Waals surface area contributed by atoms with E-state index in [1.165, 1.54) is 26.0 Å². The topological polar surface area (TPSA) is 52.9 Å². The number of hydrogen-bond acceptors (Lipinski definition) is 2. The van der Waals surface area contributed by atoms with Crippen LogP contribution in [0.15, 0.2) is 22.7 Å². The molecular weight excluding hydrogens is 275 g/mol. The van der Waals surface area contributed by atoms with Crippen LogP contribution in [0.1, 0.15) is 13.8 Å². The van der Waals surface area contributed by atoms with Gasteiger partial charge in [-0.3, -0.25) is 4.79 Å². The number of nitriles is 1. The van der Waals surface area contributed by atoms with Gasteiger partial charge in [-0.05, 0) is 32.0 Å². The van der Waals surface area contributed by atoms with Gasteiger partial charge in [0.2, 0.25) is 5.91 Å². The van der Waals surface area contributed by atoms with Gasteiger partial charge in [0.25, 0.3) is 0 Å². The predicted octanol–water partition coefficient (Wildman–Crippen LogP) is 3.08. The molecule has 84 valence electrons. The molecule has 3 nitrogen and oxygen atoms in total. The Balaban J connectivity index is 2.91. The Morgan fingerprint density at radius 2 is 2.19 bits per heavy atom. The fourth-order valence-electron chi connectivity index (χ4n) is 0.920. The first kappa shape index (κ1) is 12.7. The molecule has 0 fully saturated rings. The molecule has 0 atom stereocenters. The minimum atomic E-state index is -1.18. The van der Waals surface area contributed by atoms with E-state index in [1.807, 2.05) is 6.07 Å². The smallest absolute Gasteiger partial charge is 0.244 e. The van der Waals surface area contributed by atoms with E-state index in [1.54, 1.807) is 6.07 Å². The van der Waals surface area contributed by atoms with Gasteiger partial charge in [-0.25, -0.2) is 4.39 Å². The molecule has 1 rings (SSSR count). The van der Waals surface area contributed by atoms with Gasteiger partial charge in [0.05, 0.1) is 11.8 Å². The van der Waals surface area contributed by atoms with Crippen molar-refractivity contribution in [1.82, 2.24) is 0 Å². The highest BCUT2D eigenvalue weighted by Crippen LogP contribution is 2.22. The molecule has 0 aliphatic rings. The number of nitrogens with one attached hydrogen (secondary N) is 1. The second-order valence-corrected chi connectivity index (χ2v) is 4.73. The third kappa shape index (κ3) is 2.80. The summed E-state index contributed by atoms with van der Waals surface area (Å²) in [7, 11) is 0. The highest BCUT2D eigenvalue weighted by Gasteiger charge is 2.27. The third-order valence-corrected chi connectivity index (χ3v) is 2.52. The lowest BCUT2D eigenvalue weighted by Gasteiger charge is -2.15. The third-order valence-electron chi connectivity index (χ3n) is 2.03. The maximum absolute atomic E-state index is 13.4. The van der Waals surface area contributed by atoms with E-state index in [0.717, 1.165) is 0 Å². The Morgan fingerprint density at radius 3 is 2.69 bits per heavy atom. The number of nitrogens with zero attached hydrogens (tertiary/aromatic N) is 1. The van der Waals surface area contributed by atoms with Crippen LogP contribution in [0, 0.1) is 22.6 Å². The molecule has 0 radical (unpaired) electrons. The average Bonchev–Trinajstić information content (AvgIpc) is 2.22. The molecule has 0 aromatic heterocycles. The van der Waals surface area contributed by atoms with Crippen molar-refractivity contribution in [3.05, 3.63) is 28.5 Å². The van der Waals surface area contributed by atoms with E-state index in [9.17, 15) is 9.18 Å². The first-order valence-corrected chi connectivity index (χ1v) is 5.34. The summed E-state index contributed by atoms with van der Waals surface area (Å²) in [6.07, 6.45) is 0. The van der Waals surface area contributed by atoms with E-state index < -0.39 is 17.1 Å². The minimum absolute atomic E-state index is 0.0662. The molecule has 0 aliphatic carbocycles. The van der Waals surface area contributed by atoms with E-state index in [2.05, 4.69) is 21.2 Å². The molecule has 0 aliphatic heterocycles.